The zero-order valence-electron chi connectivity index (χ0n) is 16.7. The first-order valence-corrected chi connectivity index (χ1v) is 9.59. The van der Waals surface area contributed by atoms with E-state index in [0.29, 0.717) is 5.57 Å². The first-order valence-electron chi connectivity index (χ1n) is 9.59. The Morgan fingerprint density at radius 2 is 1.60 bits per heavy atom. The third-order valence-electron chi connectivity index (χ3n) is 5.23. The highest BCUT2D eigenvalue weighted by atomic mass is 16.6. The minimum atomic E-state index is -0.438. The van der Waals surface area contributed by atoms with Crippen LogP contribution in [0.5, 0.6) is 0 Å². The van der Waals surface area contributed by atoms with Crippen molar-refractivity contribution in [1.82, 2.24) is 0 Å². The fraction of sp³-hybridized carbons (Fsp3) is 0.0800. The average Bonchev–Trinajstić information content (AvgIpc) is 3.07. The smallest absolute Gasteiger partial charge is 0.269 e. The molecule has 148 valence electrons. The van der Waals surface area contributed by atoms with E-state index in [1.807, 2.05) is 68.5 Å². The standard InChI is InChI=1S/C25H20N2O3/c1-17-8-11-23(14-18(17)2)26-24(20-6-4-3-5-7-20)16-21(25(26)28)15-19-9-12-22(13-10-19)27(29)30/h3-16H,1-2H3/b21-15+. The highest BCUT2D eigenvalue weighted by molar-refractivity contribution is 6.23. The lowest BCUT2D eigenvalue weighted by atomic mass is 10.1. The number of non-ortho nitro benzene ring substituents is 1. The van der Waals surface area contributed by atoms with E-state index in [1.54, 1.807) is 23.1 Å². The summed E-state index contributed by atoms with van der Waals surface area (Å²) in [7, 11) is 0. The van der Waals surface area contributed by atoms with Crippen LogP contribution in [0.1, 0.15) is 22.3 Å². The molecule has 0 N–H and O–H groups in total. The van der Waals surface area contributed by atoms with Crippen LogP contribution in [0.2, 0.25) is 0 Å². The van der Waals surface area contributed by atoms with Crippen LogP contribution in [0.15, 0.2) is 84.4 Å². The number of hydrogen-bond donors (Lipinski definition) is 0. The number of anilines is 1. The van der Waals surface area contributed by atoms with Crippen molar-refractivity contribution in [2.45, 2.75) is 13.8 Å². The first kappa shape index (κ1) is 19.3. The number of nitro groups is 1. The van der Waals surface area contributed by atoms with Crippen LogP contribution in [-0.2, 0) is 4.79 Å². The lowest BCUT2D eigenvalue weighted by Gasteiger charge is -2.21. The van der Waals surface area contributed by atoms with Gasteiger partial charge in [-0.2, -0.15) is 0 Å². The van der Waals surface area contributed by atoms with E-state index in [4.69, 9.17) is 0 Å². The number of benzene rings is 3. The number of nitrogens with zero attached hydrogens (tertiary/aromatic N) is 2. The van der Waals surface area contributed by atoms with Crippen LogP contribution in [-0.4, -0.2) is 10.8 Å². The second-order valence-corrected chi connectivity index (χ2v) is 7.25. The van der Waals surface area contributed by atoms with Crippen molar-refractivity contribution in [3.63, 3.8) is 0 Å². The van der Waals surface area contributed by atoms with Crippen LogP contribution in [0, 0.1) is 24.0 Å². The van der Waals surface area contributed by atoms with Gasteiger partial charge in [-0.25, -0.2) is 0 Å². The van der Waals surface area contributed by atoms with Crippen LogP contribution in [0.4, 0.5) is 11.4 Å². The lowest BCUT2D eigenvalue weighted by Crippen LogP contribution is -2.25. The number of hydrogen-bond acceptors (Lipinski definition) is 3. The Kier molecular flexibility index (Phi) is 5.02. The molecular weight excluding hydrogens is 376 g/mol. The third-order valence-corrected chi connectivity index (χ3v) is 5.23. The minimum Gasteiger partial charge on any atom is -0.276 e. The molecule has 1 aliphatic heterocycles. The van der Waals surface area contributed by atoms with E-state index < -0.39 is 4.92 Å². The summed E-state index contributed by atoms with van der Waals surface area (Å²) in [5.74, 6) is -0.129. The molecule has 3 aromatic rings. The average molecular weight is 396 g/mol. The van der Waals surface area contributed by atoms with E-state index in [-0.39, 0.29) is 11.6 Å². The Bertz CT molecular complexity index is 1190. The maximum Gasteiger partial charge on any atom is 0.269 e. The maximum atomic E-state index is 13.4. The third kappa shape index (κ3) is 3.65. The number of rotatable bonds is 4. The molecule has 0 radical (unpaired) electrons. The molecule has 4 rings (SSSR count). The monoisotopic (exact) mass is 396 g/mol. The Hall–Kier alpha value is -3.99. The summed E-state index contributed by atoms with van der Waals surface area (Å²) in [6, 6.07) is 21.9. The number of aryl methyl sites for hydroxylation is 2. The zero-order valence-corrected chi connectivity index (χ0v) is 16.7. The predicted octanol–water partition coefficient (Wildman–Crippen LogP) is 5.68. The molecule has 3 aromatic carbocycles. The van der Waals surface area contributed by atoms with Crippen LogP contribution < -0.4 is 4.90 Å². The van der Waals surface area contributed by atoms with Gasteiger partial charge in [0, 0.05) is 23.4 Å². The maximum absolute atomic E-state index is 13.4. The molecule has 5 nitrogen and oxygen atoms in total. The van der Waals surface area contributed by atoms with Crippen molar-refractivity contribution in [2.75, 3.05) is 4.90 Å². The molecule has 0 saturated heterocycles. The second-order valence-electron chi connectivity index (χ2n) is 7.25. The molecule has 1 heterocycles. The molecule has 0 aliphatic carbocycles. The van der Waals surface area contributed by atoms with Crippen LogP contribution in [0.3, 0.4) is 0 Å². The lowest BCUT2D eigenvalue weighted by molar-refractivity contribution is -0.384. The van der Waals surface area contributed by atoms with Gasteiger partial charge in [0.25, 0.3) is 11.6 Å². The van der Waals surface area contributed by atoms with Gasteiger partial charge in [-0.05, 0) is 72.5 Å². The summed E-state index contributed by atoms with van der Waals surface area (Å²) in [6.07, 6.45) is 3.63. The van der Waals surface area contributed by atoms with E-state index in [0.717, 1.165) is 33.6 Å². The molecule has 1 aliphatic rings. The van der Waals surface area contributed by atoms with E-state index in [9.17, 15) is 14.9 Å². The topological polar surface area (TPSA) is 63.5 Å². The van der Waals surface area contributed by atoms with Gasteiger partial charge in [0.05, 0.1) is 10.6 Å². The molecule has 0 spiro atoms. The largest absolute Gasteiger partial charge is 0.276 e. The quantitative estimate of drug-likeness (QED) is 0.324. The van der Waals surface area contributed by atoms with Crippen molar-refractivity contribution in [2.24, 2.45) is 0 Å². The van der Waals surface area contributed by atoms with Gasteiger partial charge in [-0.1, -0.05) is 36.4 Å². The van der Waals surface area contributed by atoms with Crippen molar-refractivity contribution in [1.29, 1.82) is 0 Å². The molecule has 0 unspecified atom stereocenters. The predicted molar refractivity (Wildman–Crippen MR) is 119 cm³/mol. The SMILES string of the molecule is Cc1ccc(N2C(=O)/C(=C/c3ccc([N+](=O)[O-])cc3)C=C2c2ccccc2)cc1C. The Morgan fingerprint density at radius 3 is 2.23 bits per heavy atom. The van der Waals surface area contributed by atoms with Gasteiger partial charge < -0.3 is 0 Å². The van der Waals surface area contributed by atoms with Gasteiger partial charge in [0.1, 0.15) is 0 Å². The summed E-state index contributed by atoms with van der Waals surface area (Å²) in [5, 5.41) is 10.9. The van der Waals surface area contributed by atoms with Gasteiger partial charge >= 0.3 is 0 Å². The Labute approximate surface area is 174 Å². The fourth-order valence-electron chi connectivity index (χ4n) is 3.43. The van der Waals surface area contributed by atoms with Crippen LogP contribution in [0.25, 0.3) is 11.8 Å². The number of amides is 1. The molecular formula is C25H20N2O3. The van der Waals surface area contributed by atoms with Gasteiger partial charge in [0.15, 0.2) is 0 Å². The van der Waals surface area contributed by atoms with Crippen molar-refractivity contribution >= 4 is 29.1 Å². The molecule has 0 aromatic heterocycles. The number of nitro benzene ring substituents is 1. The molecule has 1 amide bonds. The highest BCUT2D eigenvalue weighted by Crippen LogP contribution is 2.36. The van der Waals surface area contributed by atoms with Crippen LogP contribution >= 0.6 is 0 Å². The molecule has 0 bridgehead atoms. The van der Waals surface area contributed by atoms with Gasteiger partial charge in [-0.15, -0.1) is 0 Å². The molecule has 30 heavy (non-hydrogen) atoms. The molecule has 0 saturated carbocycles. The fourth-order valence-corrected chi connectivity index (χ4v) is 3.43. The van der Waals surface area contributed by atoms with Gasteiger partial charge in [-0.3, -0.25) is 19.8 Å². The summed E-state index contributed by atoms with van der Waals surface area (Å²) in [4.78, 5) is 25.5. The minimum absolute atomic E-state index is 0.0205. The summed E-state index contributed by atoms with van der Waals surface area (Å²) >= 11 is 0. The van der Waals surface area contributed by atoms with Crippen molar-refractivity contribution in [3.8, 4) is 0 Å². The Morgan fingerprint density at radius 1 is 0.900 bits per heavy atom. The zero-order chi connectivity index (χ0) is 21.3. The van der Waals surface area contributed by atoms with E-state index in [2.05, 4.69) is 0 Å². The van der Waals surface area contributed by atoms with Crippen molar-refractivity contribution < 1.29 is 9.72 Å². The van der Waals surface area contributed by atoms with Crippen molar-refractivity contribution in [3.05, 3.63) is 117 Å². The van der Waals surface area contributed by atoms with E-state index in [1.165, 1.54) is 12.1 Å². The Balaban J connectivity index is 1.79. The molecule has 5 heteroatoms. The summed E-state index contributed by atoms with van der Waals surface area (Å²) in [6.45, 7) is 4.07. The molecule has 0 fully saturated rings. The normalized spacial score (nSPS) is 14.9. The number of carbonyl (C=O) groups is 1. The summed E-state index contributed by atoms with van der Waals surface area (Å²) < 4.78 is 0. The highest BCUT2D eigenvalue weighted by Gasteiger charge is 2.30. The number of carbonyl (C=O) groups excluding carboxylic acids is 1. The van der Waals surface area contributed by atoms with Gasteiger partial charge in [0.2, 0.25) is 0 Å². The molecule has 0 atom stereocenters. The first-order chi connectivity index (χ1) is 14.4. The second kappa shape index (κ2) is 7.79. The van der Waals surface area contributed by atoms with E-state index >= 15 is 0 Å². The summed E-state index contributed by atoms with van der Waals surface area (Å²) in [5.41, 5.74) is 6.11.